The van der Waals surface area contributed by atoms with Crippen molar-refractivity contribution in [1.82, 2.24) is 4.31 Å². The summed E-state index contributed by atoms with van der Waals surface area (Å²) in [7, 11) is -1.81. The summed E-state index contributed by atoms with van der Waals surface area (Å²) in [6.45, 7) is 3.34. The zero-order valence-electron chi connectivity index (χ0n) is 6.52. The van der Waals surface area contributed by atoms with Crippen molar-refractivity contribution in [3.63, 3.8) is 0 Å². The molecule has 0 aliphatic rings. The molecule has 0 rings (SSSR count). The summed E-state index contributed by atoms with van der Waals surface area (Å²) < 4.78 is 23.2. The predicted molar refractivity (Wildman–Crippen MR) is 43.7 cm³/mol. The molecule has 0 fully saturated rings. The summed E-state index contributed by atoms with van der Waals surface area (Å²) in [5.74, 6) is -0.225. The number of hydrogen-bond donors (Lipinski definition) is 1. The van der Waals surface area contributed by atoms with E-state index in [0.717, 1.165) is 4.31 Å². The van der Waals surface area contributed by atoms with E-state index in [1.165, 1.54) is 13.1 Å². The first kappa shape index (κ1) is 10.6. The van der Waals surface area contributed by atoms with Gasteiger partial charge < -0.3 is 5.11 Å². The van der Waals surface area contributed by atoms with Crippen LogP contribution in [0.3, 0.4) is 0 Å². The molecule has 0 amide bonds. The van der Waals surface area contributed by atoms with Crippen LogP contribution in [0.4, 0.5) is 0 Å². The molecule has 11 heavy (non-hydrogen) atoms. The minimum atomic E-state index is -3.26. The Bertz CT molecular complexity index is 210. The van der Waals surface area contributed by atoms with E-state index in [1.54, 1.807) is 0 Å². The van der Waals surface area contributed by atoms with Gasteiger partial charge in [-0.25, -0.2) is 12.7 Å². The van der Waals surface area contributed by atoms with Crippen molar-refractivity contribution in [1.29, 1.82) is 0 Å². The molecule has 0 saturated carbocycles. The highest BCUT2D eigenvalue weighted by molar-refractivity contribution is 7.89. The van der Waals surface area contributed by atoms with Crippen LogP contribution in [0.2, 0.25) is 0 Å². The normalized spacial score (nSPS) is 11.9. The first-order chi connectivity index (χ1) is 5.04. The molecule has 0 bridgehead atoms. The number of rotatable bonds is 5. The lowest BCUT2D eigenvalue weighted by atomic mass is 10.6. The molecule has 0 heterocycles. The van der Waals surface area contributed by atoms with Crippen molar-refractivity contribution in [2.75, 3.05) is 26.0 Å². The molecular weight excluding hydrogens is 166 g/mol. The van der Waals surface area contributed by atoms with Crippen molar-refractivity contribution in [2.45, 2.75) is 0 Å². The highest BCUT2D eigenvalue weighted by Crippen LogP contribution is 1.96. The molecule has 0 aliphatic heterocycles. The second-order valence-electron chi connectivity index (χ2n) is 2.11. The van der Waals surface area contributed by atoms with E-state index in [2.05, 4.69) is 6.58 Å². The Morgan fingerprint density at radius 1 is 1.64 bits per heavy atom. The van der Waals surface area contributed by atoms with Crippen LogP contribution in [0, 0.1) is 0 Å². The van der Waals surface area contributed by atoms with E-state index in [0.29, 0.717) is 0 Å². The van der Waals surface area contributed by atoms with Crippen LogP contribution in [-0.2, 0) is 10.0 Å². The van der Waals surface area contributed by atoms with Gasteiger partial charge in [-0.3, -0.25) is 0 Å². The SMILES string of the molecule is C=CCN(C)S(=O)(=O)CCO. The first-order valence-electron chi connectivity index (χ1n) is 3.20. The van der Waals surface area contributed by atoms with Crippen LogP contribution in [0.5, 0.6) is 0 Å². The maximum Gasteiger partial charge on any atom is 0.216 e. The molecule has 66 valence electrons. The van der Waals surface area contributed by atoms with Crippen LogP contribution >= 0.6 is 0 Å². The Morgan fingerprint density at radius 3 is 2.55 bits per heavy atom. The lowest BCUT2D eigenvalue weighted by Crippen LogP contribution is -2.30. The minimum Gasteiger partial charge on any atom is -0.395 e. The molecule has 4 nitrogen and oxygen atoms in total. The number of aliphatic hydroxyl groups is 1. The van der Waals surface area contributed by atoms with Gasteiger partial charge in [0, 0.05) is 13.6 Å². The topological polar surface area (TPSA) is 57.6 Å². The quantitative estimate of drug-likeness (QED) is 0.575. The van der Waals surface area contributed by atoms with Crippen molar-refractivity contribution in [3.8, 4) is 0 Å². The lowest BCUT2D eigenvalue weighted by molar-refractivity contribution is 0.316. The predicted octanol–water partition coefficient (Wildman–Crippen LogP) is -0.574. The zero-order chi connectivity index (χ0) is 8.91. The number of aliphatic hydroxyl groups excluding tert-OH is 1. The van der Waals surface area contributed by atoms with Crippen LogP contribution in [0.25, 0.3) is 0 Å². The Balaban J connectivity index is 4.18. The van der Waals surface area contributed by atoms with Gasteiger partial charge in [-0.15, -0.1) is 6.58 Å². The fraction of sp³-hybridized carbons (Fsp3) is 0.667. The Morgan fingerprint density at radius 2 is 2.18 bits per heavy atom. The third-order valence-electron chi connectivity index (χ3n) is 1.21. The average Bonchev–Trinajstić information content (AvgIpc) is 1.88. The molecule has 0 aromatic heterocycles. The maximum absolute atomic E-state index is 11.0. The van der Waals surface area contributed by atoms with E-state index in [4.69, 9.17) is 5.11 Å². The molecule has 0 saturated heterocycles. The van der Waals surface area contributed by atoms with Gasteiger partial charge in [0.05, 0.1) is 12.4 Å². The minimum absolute atomic E-state index is 0.225. The summed E-state index contributed by atoms with van der Waals surface area (Å²) in [6, 6.07) is 0. The molecule has 0 aromatic rings. The third-order valence-corrected chi connectivity index (χ3v) is 3.01. The van der Waals surface area contributed by atoms with E-state index in [-0.39, 0.29) is 18.9 Å². The van der Waals surface area contributed by atoms with Crippen LogP contribution in [0.15, 0.2) is 12.7 Å². The van der Waals surface area contributed by atoms with Gasteiger partial charge >= 0.3 is 0 Å². The Kier molecular flexibility index (Phi) is 4.32. The first-order valence-corrected chi connectivity index (χ1v) is 4.81. The molecule has 0 radical (unpaired) electrons. The van der Waals surface area contributed by atoms with Crippen LogP contribution in [0.1, 0.15) is 0 Å². The number of sulfonamides is 1. The van der Waals surface area contributed by atoms with Gasteiger partial charge in [-0.1, -0.05) is 6.08 Å². The molecule has 0 spiro atoms. The zero-order valence-corrected chi connectivity index (χ0v) is 7.34. The van der Waals surface area contributed by atoms with Crippen molar-refractivity contribution < 1.29 is 13.5 Å². The Labute approximate surface area is 67.2 Å². The third kappa shape index (κ3) is 3.50. The van der Waals surface area contributed by atoms with Crippen molar-refractivity contribution in [3.05, 3.63) is 12.7 Å². The van der Waals surface area contributed by atoms with Gasteiger partial charge in [-0.05, 0) is 0 Å². The van der Waals surface area contributed by atoms with Gasteiger partial charge in [0.2, 0.25) is 10.0 Å². The van der Waals surface area contributed by atoms with Gasteiger partial charge in [0.25, 0.3) is 0 Å². The van der Waals surface area contributed by atoms with Gasteiger partial charge in [0.15, 0.2) is 0 Å². The van der Waals surface area contributed by atoms with Gasteiger partial charge in [0.1, 0.15) is 0 Å². The Hall–Kier alpha value is -0.390. The molecular formula is C6H13NO3S. The molecule has 0 atom stereocenters. The molecule has 0 aromatic carbocycles. The van der Waals surface area contributed by atoms with Crippen LogP contribution < -0.4 is 0 Å². The standard InChI is InChI=1S/C6H13NO3S/c1-3-4-7(2)11(9,10)6-5-8/h3,8H,1,4-6H2,2H3. The summed E-state index contributed by atoms with van der Waals surface area (Å²) in [5, 5.41) is 8.39. The van der Waals surface area contributed by atoms with Crippen LogP contribution in [-0.4, -0.2) is 43.8 Å². The number of likely N-dealkylation sites (N-methyl/N-ethyl adjacent to an activating group) is 1. The number of hydrogen-bond acceptors (Lipinski definition) is 3. The average molecular weight is 179 g/mol. The molecule has 5 heteroatoms. The largest absolute Gasteiger partial charge is 0.395 e. The maximum atomic E-state index is 11.0. The van der Waals surface area contributed by atoms with Crippen molar-refractivity contribution in [2.24, 2.45) is 0 Å². The molecule has 0 unspecified atom stereocenters. The number of nitrogens with zero attached hydrogens (tertiary/aromatic N) is 1. The van der Waals surface area contributed by atoms with E-state index >= 15 is 0 Å². The fourth-order valence-corrected chi connectivity index (χ4v) is 1.44. The smallest absolute Gasteiger partial charge is 0.216 e. The fourth-order valence-electron chi connectivity index (χ4n) is 0.567. The monoisotopic (exact) mass is 179 g/mol. The van der Waals surface area contributed by atoms with E-state index in [9.17, 15) is 8.42 Å². The highest BCUT2D eigenvalue weighted by atomic mass is 32.2. The summed E-state index contributed by atoms with van der Waals surface area (Å²) >= 11 is 0. The van der Waals surface area contributed by atoms with E-state index in [1.807, 2.05) is 0 Å². The summed E-state index contributed by atoms with van der Waals surface area (Å²) in [6.07, 6.45) is 1.49. The highest BCUT2D eigenvalue weighted by Gasteiger charge is 2.14. The molecule has 1 N–H and O–H groups in total. The second-order valence-corrected chi connectivity index (χ2v) is 4.30. The molecule has 0 aliphatic carbocycles. The van der Waals surface area contributed by atoms with Crippen molar-refractivity contribution >= 4 is 10.0 Å². The van der Waals surface area contributed by atoms with E-state index < -0.39 is 10.0 Å². The second kappa shape index (κ2) is 4.48. The summed E-state index contributed by atoms with van der Waals surface area (Å²) in [5.41, 5.74) is 0. The van der Waals surface area contributed by atoms with Gasteiger partial charge in [-0.2, -0.15) is 0 Å². The summed E-state index contributed by atoms with van der Waals surface area (Å²) in [4.78, 5) is 0. The lowest BCUT2D eigenvalue weighted by Gasteiger charge is -2.13.